The van der Waals surface area contributed by atoms with Crippen molar-refractivity contribution in [2.75, 3.05) is 26.2 Å². The van der Waals surface area contributed by atoms with Crippen LogP contribution in [-0.4, -0.2) is 61.1 Å². The number of alkyl halides is 3. The number of fused-ring (bicyclic) bond motifs is 6. The van der Waals surface area contributed by atoms with Gasteiger partial charge in [-0.3, -0.25) is 15.0 Å². The summed E-state index contributed by atoms with van der Waals surface area (Å²) in [6.07, 6.45) is 0.546. The third kappa shape index (κ3) is 3.63. The number of imidazole rings is 1. The molecule has 186 valence electrons. The second kappa shape index (κ2) is 8.40. The molecule has 5 aromatic rings. The zero-order chi connectivity index (χ0) is 25.0. The van der Waals surface area contributed by atoms with E-state index in [1.54, 1.807) is 17.9 Å². The second-order valence-corrected chi connectivity index (χ2v) is 8.89. The molecular formula is C24H21F4N7O. The predicted octanol–water partition coefficient (Wildman–Crippen LogP) is 4.69. The topological polar surface area (TPSA) is 84.8 Å². The van der Waals surface area contributed by atoms with Gasteiger partial charge in [0.25, 0.3) is 0 Å². The van der Waals surface area contributed by atoms with Crippen LogP contribution < -0.4 is 4.74 Å². The third-order valence-corrected chi connectivity index (χ3v) is 6.64. The molecule has 0 bridgehead atoms. The van der Waals surface area contributed by atoms with Crippen LogP contribution in [0.15, 0.2) is 30.7 Å². The van der Waals surface area contributed by atoms with Crippen LogP contribution in [0.25, 0.3) is 44.0 Å². The normalized spacial score (nSPS) is 15.0. The van der Waals surface area contributed by atoms with Crippen molar-refractivity contribution in [2.24, 2.45) is 7.05 Å². The van der Waals surface area contributed by atoms with Crippen LogP contribution in [0.3, 0.4) is 0 Å². The number of aryl methyl sites for hydroxylation is 1. The van der Waals surface area contributed by atoms with Gasteiger partial charge in [0.2, 0.25) is 0 Å². The van der Waals surface area contributed by atoms with Crippen LogP contribution in [-0.2, 0) is 13.2 Å². The van der Waals surface area contributed by atoms with E-state index < -0.39 is 23.4 Å². The maximum atomic E-state index is 15.0. The van der Waals surface area contributed by atoms with E-state index in [1.165, 1.54) is 24.4 Å². The Bertz CT molecular complexity index is 1600. The van der Waals surface area contributed by atoms with E-state index in [0.717, 1.165) is 25.9 Å². The van der Waals surface area contributed by atoms with Crippen molar-refractivity contribution in [1.82, 2.24) is 34.8 Å². The van der Waals surface area contributed by atoms with Crippen molar-refractivity contribution in [3.8, 4) is 17.0 Å². The molecule has 8 nitrogen and oxygen atoms in total. The van der Waals surface area contributed by atoms with E-state index in [2.05, 4.69) is 25.2 Å². The standard InChI is InChI=1S/C24H21F4N7O/c1-34-12-30-21-20-17(14(4-5-29-20)19-23(24(26,27)28)32-33-31-19)15-10-13(25)11-16(18(15)22(21)34)36-9-8-35-6-2-3-7-35/h4-5,10-12H,2-3,6-9H2,1H3,(H,31,32,33). The highest BCUT2D eigenvalue weighted by Crippen LogP contribution is 2.44. The summed E-state index contributed by atoms with van der Waals surface area (Å²) in [5.74, 6) is -0.279. The summed E-state index contributed by atoms with van der Waals surface area (Å²) in [7, 11) is 1.79. The van der Waals surface area contributed by atoms with E-state index >= 15 is 0 Å². The highest BCUT2D eigenvalue weighted by Gasteiger charge is 2.38. The number of nitrogens with zero attached hydrogens (tertiary/aromatic N) is 6. The summed E-state index contributed by atoms with van der Waals surface area (Å²) < 4.78 is 64.0. The summed E-state index contributed by atoms with van der Waals surface area (Å²) in [5, 5.41) is 10.3. The molecule has 1 aliphatic rings. The molecule has 0 aliphatic carbocycles. The Kier molecular flexibility index (Phi) is 5.29. The fraction of sp³-hybridized carbons (Fsp3) is 0.333. The van der Waals surface area contributed by atoms with Crippen LogP contribution in [0.2, 0.25) is 0 Å². The molecule has 0 amide bonds. The minimum Gasteiger partial charge on any atom is -0.491 e. The quantitative estimate of drug-likeness (QED) is 0.279. The van der Waals surface area contributed by atoms with Crippen LogP contribution in [0, 0.1) is 5.82 Å². The lowest BCUT2D eigenvalue weighted by Gasteiger charge is -2.18. The third-order valence-electron chi connectivity index (χ3n) is 6.64. The van der Waals surface area contributed by atoms with Gasteiger partial charge in [0.1, 0.15) is 29.4 Å². The number of likely N-dealkylation sites (tertiary alicyclic amines) is 1. The molecule has 4 heterocycles. The van der Waals surface area contributed by atoms with Gasteiger partial charge in [0.05, 0.1) is 22.7 Å². The zero-order valence-electron chi connectivity index (χ0n) is 19.2. The van der Waals surface area contributed by atoms with E-state index in [9.17, 15) is 17.6 Å². The fourth-order valence-electron chi connectivity index (χ4n) is 5.05. The number of H-pyrrole nitrogens is 1. The fourth-order valence-corrected chi connectivity index (χ4v) is 5.05. The molecule has 12 heteroatoms. The molecular weight excluding hydrogens is 478 g/mol. The van der Waals surface area contributed by atoms with Crippen molar-refractivity contribution in [1.29, 1.82) is 0 Å². The van der Waals surface area contributed by atoms with Crippen molar-refractivity contribution in [3.63, 3.8) is 0 Å². The lowest BCUT2D eigenvalue weighted by atomic mass is 9.96. The maximum absolute atomic E-state index is 15.0. The average molecular weight is 499 g/mol. The number of halogens is 4. The molecule has 0 unspecified atom stereocenters. The molecule has 1 N–H and O–H groups in total. The predicted molar refractivity (Wildman–Crippen MR) is 125 cm³/mol. The average Bonchev–Trinajstić information content (AvgIpc) is 3.60. The molecule has 0 saturated carbocycles. The number of hydrogen-bond donors (Lipinski definition) is 1. The number of rotatable bonds is 5. The van der Waals surface area contributed by atoms with Crippen molar-refractivity contribution in [2.45, 2.75) is 19.0 Å². The Hall–Kier alpha value is -3.80. The monoisotopic (exact) mass is 499 g/mol. The molecule has 0 spiro atoms. The maximum Gasteiger partial charge on any atom is 0.435 e. The van der Waals surface area contributed by atoms with E-state index in [-0.39, 0.29) is 5.56 Å². The van der Waals surface area contributed by atoms with Gasteiger partial charge in [-0.05, 0) is 38.1 Å². The first kappa shape index (κ1) is 22.7. The Morgan fingerprint density at radius 1 is 1.08 bits per heavy atom. The number of pyridine rings is 1. The molecule has 1 fully saturated rings. The van der Waals surface area contributed by atoms with E-state index in [1.807, 2.05) is 5.10 Å². The Balaban J connectivity index is 1.63. The highest BCUT2D eigenvalue weighted by atomic mass is 19.4. The van der Waals surface area contributed by atoms with E-state index in [0.29, 0.717) is 51.6 Å². The van der Waals surface area contributed by atoms with E-state index in [4.69, 9.17) is 4.74 Å². The molecule has 1 aliphatic heterocycles. The Morgan fingerprint density at radius 2 is 1.89 bits per heavy atom. The first-order valence-corrected chi connectivity index (χ1v) is 11.5. The number of ether oxygens (including phenoxy) is 1. The van der Waals surface area contributed by atoms with Gasteiger partial charge in [-0.15, -0.1) is 5.10 Å². The van der Waals surface area contributed by atoms with Gasteiger partial charge in [-0.25, -0.2) is 9.37 Å². The first-order chi connectivity index (χ1) is 17.3. The van der Waals surface area contributed by atoms with Crippen LogP contribution in [0.1, 0.15) is 18.5 Å². The summed E-state index contributed by atoms with van der Waals surface area (Å²) >= 11 is 0. The first-order valence-electron chi connectivity index (χ1n) is 11.5. The molecule has 3 aromatic heterocycles. The minimum absolute atomic E-state index is 0.118. The Morgan fingerprint density at radius 3 is 2.67 bits per heavy atom. The van der Waals surface area contributed by atoms with Crippen molar-refractivity contribution >= 4 is 32.7 Å². The molecule has 2 aromatic carbocycles. The van der Waals surface area contributed by atoms with Crippen molar-refractivity contribution < 1.29 is 22.3 Å². The summed E-state index contributed by atoms with van der Waals surface area (Å²) in [5.41, 5.74) is 0.0759. The smallest absolute Gasteiger partial charge is 0.435 e. The molecule has 0 radical (unpaired) electrons. The lowest BCUT2D eigenvalue weighted by molar-refractivity contribution is -0.140. The minimum atomic E-state index is -4.71. The number of nitrogens with one attached hydrogen (secondary N) is 1. The number of aromatic nitrogens is 6. The highest BCUT2D eigenvalue weighted by molar-refractivity contribution is 6.26. The Labute approximate surface area is 201 Å². The van der Waals surface area contributed by atoms with Gasteiger partial charge >= 0.3 is 6.18 Å². The molecule has 36 heavy (non-hydrogen) atoms. The number of aromatic amines is 1. The summed E-state index contributed by atoms with van der Waals surface area (Å²) in [6, 6.07) is 4.01. The van der Waals surface area contributed by atoms with Crippen molar-refractivity contribution in [3.05, 3.63) is 42.2 Å². The van der Waals surface area contributed by atoms with Gasteiger partial charge in [-0.2, -0.15) is 13.2 Å². The van der Waals surface area contributed by atoms with Crippen LogP contribution in [0.5, 0.6) is 5.75 Å². The van der Waals surface area contributed by atoms with Gasteiger partial charge in [-0.1, -0.05) is 5.21 Å². The van der Waals surface area contributed by atoms with Crippen LogP contribution in [0.4, 0.5) is 17.6 Å². The van der Waals surface area contributed by atoms with Gasteiger partial charge in [0, 0.05) is 42.2 Å². The molecule has 6 rings (SSSR count). The lowest BCUT2D eigenvalue weighted by Crippen LogP contribution is -2.25. The largest absolute Gasteiger partial charge is 0.491 e. The number of benzene rings is 2. The zero-order valence-corrected chi connectivity index (χ0v) is 19.2. The summed E-state index contributed by atoms with van der Waals surface area (Å²) in [6.45, 7) is 3.04. The summed E-state index contributed by atoms with van der Waals surface area (Å²) in [4.78, 5) is 11.2. The second-order valence-electron chi connectivity index (χ2n) is 8.89. The van der Waals surface area contributed by atoms with Gasteiger partial charge in [0.15, 0.2) is 5.69 Å². The van der Waals surface area contributed by atoms with Gasteiger partial charge < -0.3 is 9.30 Å². The number of hydrogen-bond acceptors (Lipinski definition) is 6. The van der Waals surface area contributed by atoms with Crippen LogP contribution >= 0.6 is 0 Å². The molecule has 1 saturated heterocycles. The SMILES string of the molecule is Cn1cnc2c3nccc(-c4nn[nH]c4C(F)(F)F)c3c3cc(F)cc(OCCN4CCCC4)c3c21. The molecule has 0 atom stereocenters.